The van der Waals surface area contributed by atoms with Crippen molar-refractivity contribution < 1.29 is 14.3 Å². The number of thiazole rings is 1. The van der Waals surface area contributed by atoms with Gasteiger partial charge in [0.2, 0.25) is 0 Å². The number of rotatable bonds is 4. The average molecular weight is 472 g/mol. The van der Waals surface area contributed by atoms with Gasteiger partial charge in [0.15, 0.2) is 5.01 Å². The lowest BCUT2D eigenvalue weighted by molar-refractivity contribution is 0.0747. The van der Waals surface area contributed by atoms with Crippen molar-refractivity contribution in [3.8, 4) is 11.4 Å². The van der Waals surface area contributed by atoms with E-state index >= 15 is 0 Å². The number of aliphatic hydroxyl groups is 1. The zero-order valence-electron chi connectivity index (χ0n) is 16.8. The molecule has 0 spiro atoms. The van der Waals surface area contributed by atoms with Gasteiger partial charge in [0, 0.05) is 18.3 Å². The summed E-state index contributed by atoms with van der Waals surface area (Å²) in [5.41, 5.74) is 1.82. The highest BCUT2D eigenvalue weighted by molar-refractivity contribution is 7.17. The Kier molecular flexibility index (Phi) is 5.62. The molecule has 3 atom stereocenters. The van der Waals surface area contributed by atoms with Crippen LogP contribution in [0.5, 0.6) is 0 Å². The first-order valence-electron chi connectivity index (χ1n) is 10.2. The number of aromatic nitrogens is 4. The van der Waals surface area contributed by atoms with Gasteiger partial charge in [-0.25, -0.2) is 14.4 Å². The van der Waals surface area contributed by atoms with Gasteiger partial charge in [-0.15, -0.1) is 0 Å². The van der Waals surface area contributed by atoms with Gasteiger partial charge in [-0.3, -0.25) is 9.78 Å². The molecule has 1 aliphatic carbocycles. The van der Waals surface area contributed by atoms with Crippen molar-refractivity contribution in [3.63, 3.8) is 0 Å². The van der Waals surface area contributed by atoms with E-state index in [9.17, 15) is 14.3 Å². The number of nitrogens with one attached hydrogen (secondary N) is 1. The van der Waals surface area contributed by atoms with Crippen LogP contribution in [0.25, 0.3) is 22.4 Å². The number of hydrogen-bond acceptors (Lipinski definition) is 6. The highest BCUT2D eigenvalue weighted by atomic mass is 35.5. The first-order valence-corrected chi connectivity index (χ1v) is 11.4. The second kappa shape index (κ2) is 8.57. The van der Waals surface area contributed by atoms with E-state index in [1.54, 1.807) is 30.6 Å². The fourth-order valence-electron chi connectivity index (χ4n) is 4.35. The molecule has 3 aromatic heterocycles. The number of benzene rings is 1. The van der Waals surface area contributed by atoms with Crippen LogP contribution in [0, 0.1) is 5.82 Å². The number of hydrogen-bond donors (Lipinski definition) is 2. The number of amides is 1. The van der Waals surface area contributed by atoms with Crippen LogP contribution in [0.4, 0.5) is 4.39 Å². The number of carbonyl (C=O) groups excluding carboxylic acids is 1. The summed E-state index contributed by atoms with van der Waals surface area (Å²) in [6.07, 6.45) is 5.54. The van der Waals surface area contributed by atoms with Gasteiger partial charge in [0.05, 0.1) is 29.6 Å². The molecule has 5 rings (SSSR count). The second-order valence-electron chi connectivity index (χ2n) is 7.80. The van der Waals surface area contributed by atoms with Crippen LogP contribution < -0.4 is 5.32 Å². The van der Waals surface area contributed by atoms with E-state index in [-0.39, 0.29) is 28.8 Å². The Hall–Kier alpha value is -2.88. The van der Waals surface area contributed by atoms with Gasteiger partial charge >= 0.3 is 0 Å². The van der Waals surface area contributed by atoms with Crippen LogP contribution >= 0.6 is 22.9 Å². The molecule has 0 saturated heterocycles. The Morgan fingerprint density at radius 2 is 2.06 bits per heavy atom. The van der Waals surface area contributed by atoms with Crippen LogP contribution in [0.3, 0.4) is 0 Å². The third-order valence-electron chi connectivity index (χ3n) is 5.64. The Morgan fingerprint density at radius 3 is 2.84 bits per heavy atom. The molecular formula is C22H19ClFN5O2S. The lowest BCUT2D eigenvalue weighted by Gasteiger charge is -2.34. The third-order valence-corrected chi connectivity index (χ3v) is 6.75. The third kappa shape index (κ3) is 3.99. The number of aliphatic hydroxyl groups excluding tert-OH is 1. The van der Waals surface area contributed by atoms with Crippen LogP contribution in [0.2, 0.25) is 4.34 Å². The molecular weight excluding hydrogens is 453 g/mol. The minimum absolute atomic E-state index is 0.203. The molecule has 1 aromatic carbocycles. The summed E-state index contributed by atoms with van der Waals surface area (Å²) in [4.78, 5) is 25.4. The molecule has 10 heteroatoms. The van der Waals surface area contributed by atoms with Gasteiger partial charge in [0.1, 0.15) is 21.5 Å². The average Bonchev–Trinajstić information content (AvgIpc) is 3.37. The standard InChI is InChI=1S/C22H19ClFN5O2S/c23-19-11-26-22(32-19)21(31)27-12-7-13(9-14(30)8-12)29-18-5-6-25-10-17(18)28-20(29)15-3-1-2-4-16(15)24/h1-6,10-14,30H,7-9H2,(H,27,31)/t12-,13+,14+/m0/s1. The van der Waals surface area contributed by atoms with Gasteiger partial charge < -0.3 is 15.0 Å². The van der Waals surface area contributed by atoms with E-state index in [1.165, 1.54) is 12.3 Å². The number of imidazole rings is 1. The van der Waals surface area contributed by atoms with Crippen molar-refractivity contribution in [1.82, 2.24) is 24.8 Å². The highest BCUT2D eigenvalue weighted by Gasteiger charge is 2.33. The van der Waals surface area contributed by atoms with E-state index in [0.29, 0.717) is 40.5 Å². The largest absolute Gasteiger partial charge is 0.393 e. The highest BCUT2D eigenvalue weighted by Crippen LogP contribution is 2.37. The van der Waals surface area contributed by atoms with Crippen molar-refractivity contribution in [2.45, 2.75) is 37.5 Å². The SMILES string of the molecule is O=C(N[C@@H]1C[C@@H](O)C[C@H](n2c(-c3ccccc3F)nc3cnccc32)C1)c1ncc(Cl)s1. The number of pyridine rings is 1. The van der Waals surface area contributed by atoms with Crippen molar-refractivity contribution in [2.75, 3.05) is 0 Å². The molecule has 0 unspecified atom stereocenters. The van der Waals surface area contributed by atoms with Gasteiger partial charge in [0.25, 0.3) is 5.91 Å². The molecule has 7 nitrogen and oxygen atoms in total. The number of carbonyl (C=O) groups is 1. The first kappa shape index (κ1) is 21.0. The fourth-order valence-corrected chi connectivity index (χ4v) is 5.16. The number of nitrogens with zero attached hydrogens (tertiary/aromatic N) is 4. The fraction of sp³-hybridized carbons (Fsp3) is 0.273. The zero-order chi connectivity index (χ0) is 22.2. The molecule has 1 aliphatic rings. The van der Waals surface area contributed by atoms with Crippen molar-refractivity contribution in [3.05, 3.63) is 64.1 Å². The maximum atomic E-state index is 14.7. The van der Waals surface area contributed by atoms with Crippen molar-refractivity contribution >= 4 is 39.9 Å². The van der Waals surface area contributed by atoms with Gasteiger partial charge in [-0.2, -0.15) is 0 Å². The van der Waals surface area contributed by atoms with E-state index in [4.69, 9.17) is 11.6 Å². The van der Waals surface area contributed by atoms with Gasteiger partial charge in [-0.1, -0.05) is 35.1 Å². The maximum absolute atomic E-state index is 14.7. The van der Waals surface area contributed by atoms with Crippen molar-refractivity contribution in [2.24, 2.45) is 0 Å². The van der Waals surface area contributed by atoms with Crippen LogP contribution in [0.1, 0.15) is 35.1 Å². The van der Waals surface area contributed by atoms with Crippen molar-refractivity contribution in [1.29, 1.82) is 0 Å². The Morgan fingerprint density at radius 1 is 1.22 bits per heavy atom. The van der Waals surface area contributed by atoms with Crippen LogP contribution in [-0.2, 0) is 0 Å². The molecule has 32 heavy (non-hydrogen) atoms. The maximum Gasteiger partial charge on any atom is 0.280 e. The summed E-state index contributed by atoms with van der Waals surface area (Å²) in [5.74, 6) is -0.227. The van der Waals surface area contributed by atoms with E-state index in [1.807, 2.05) is 10.6 Å². The number of halogens is 2. The summed E-state index contributed by atoms with van der Waals surface area (Å²) in [5, 5.41) is 13.9. The minimum atomic E-state index is -0.633. The smallest absolute Gasteiger partial charge is 0.280 e. The van der Waals surface area contributed by atoms with Gasteiger partial charge in [-0.05, 0) is 37.5 Å². The molecule has 3 heterocycles. The molecule has 1 fully saturated rings. The molecule has 0 aliphatic heterocycles. The predicted molar refractivity (Wildman–Crippen MR) is 120 cm³/mol. The van der Waals surface area contributed by atoms with Crippen LogP contribution in [0.15, 0.2) is 48.9 Å². The summed E-state index contributed by atoms with van der Waals surface area (Å²) >= 11 is 7.00. The molecule has 0 radical (unpaired) electrons. The molecule has 2 N–H and O–H groups in total. The summed E-state index contributed by atoms with van der Waals surface area (Å²) in [7, 11) is 0. The Labute approximate surface area is 191 Å². The molecule has 164 valence electrons. The summed E-state index contributed by atoms with van der Waals surface area (Å²) < 4.78 is 17.1. The first-order chi connectivity index (χ1) is 15.5. The lowest BCUT2D eigenvalue weighted by Crippen LogP contribution is -2.43. The quantitative estimate of drug-likeness (QED) is 0.464. The predicted octanol–water partition coefficient (Wildman–Crippen LogP) is 4.23. The summed E-state index contributed by atoms with van der Waals surface area (Å²) in [6.45, 7) is 0. The topological polar surface area (TPSA) is 92.9 Å². The normalized spacial score (nSPS) is 21.0. The monoisotopic (exact) mass is 471 g/mol. The zero-order valence-corrected chi connectivity index (χ0v) is 18.4. The molecule has 1 saturated carbocycles. The summed E-state index contributed by atoms with van der Waals surface area (Å²) in [6, 6.07) is 7.82. The molecule has 4 aromatic rings. The Bertz CT molecular complexity index is 1290. The van der Waals surface area contributed by atoms with E-state index in [0.717, 1.165) is 16.9 Å². The lowest BCUT2D eigenvalue weighted by atomic mass is 9.88. The Balaban J connectivity index is 1.51. The molecule has 1 amide bonds. The van der Waals surface area contributed by atoms with E-state index < -0.39 is 6.10 Å². The second-order valence-corrected chi connectivity index (χ2v) is 9.47. The van der Waals surface area contributed by atoms with Crippen LogP contribution in [-0.4, -0.2) is 42.7 Å². The number of fused-ring (bicyclic) bond motifs is 1. The minimum Gasteiger partial charge on any atom is -0.393 e. The molecule has 0 bridgehead atoms. The van der Waals surface area contributed by atoms with E-state index in [2.05, 4.69) is 20.3 Å².